The lowest BCUT2D eigenvalue weighted by molar-refractivity contribution is -0.139. The highest BCUT2D eigenvalue weighted by Gasteiger charge is 2.14. The second-order valence-corrected chi connectivity index (χ2v) is 3.96. The molecular weight excluding hydrogens is 214 g/mol. The lowest BCUT2D eigenvalue weighted by Gasteiger charge is -2.11. The smallest absolute Gasteiger partial charge is 0.323 e. The van der Waals surface area contributed by atoms with E-state index in [1.54, 1.807) is 16.8 Å². The molecule has 1 aromatic heterocycles. The molecule has 0 bridgehead atoms. The van der Waals surface area contributed by atoms with Crippen LogP contribution < -0.4 is 16.6 Å². The summed E-state index contributed by atoms with van der Waals surface area (Å²) in [6, 6.07) is 1.89. The van der Waals surface area contributed by atoms with Gasteiger partial charge in [0.2, 0.25) is 0 Å². The number of hydrogen-bond donors (Lipinski definition) is 3. The third kappa shape index (κ3) is 3.69. The monoisotopic (exact) mass is 227 g/mol. The van der Waals surface area contributed by atoms with Crippen molar-refractivity contribution >= 4 is 23.2 Å². The molecule has 4 N–H and O–H groups in total. The van der Waals surface area contributed by atoms with Crippen LogP contribution in [0, 0.1) is 0 Å². The largest absolute Gasteiger partial charge is 0.345 e. The molecule has 0 aliphatic rings. The van der Waals surface area contributed by atoms with Gasteiger partial charge in [-0.05, 0) is 35.7 Å². The molecule has 1 unspecified atom stereocenters. The number of amides is 2. The summed E-state index contributed by atoms with van der Waals surface area (Å²) in [5.74, 6) is 3.29. The fourth-order valence-corrected chi connectivity index (χ4v) is 1.85. The molecule has 2 amide bonds. The maximum atomic E-state index is 11.1. The summed E-state index contributed by atoms with van der Waals surface area (Å²) in [4.78, 5) is 21.9. The zero-order chi connectivity index (χ0) is 11.3. The Balaban J connectivity index is 2.39. The Morgan fingerprint density at radius 2 is 2.27 bits per heavy atom. The number of carbonyl (C=O) groups excluding carboxylic acids is 2. The molecule has 1 atom stereocenters. The van der Waals surface area contributed by atoms with Gasteiger partial charge in [-0.1, -0.05) is 0 Å². The van der Waals surface area contributed by atoms with Crippen LogP contribution in [-0.4, -0.2) is 17.9 Å². The fourth-order valence-electron chi connectivity index (χ4n) is 1.17. The highest BCUT2D eigenvalue weighted by molar-refractivity contribution is 7.07. The van der Waals surface area contributed by atoms with Gasteiger partial charge in [-0.3, -0.25) is 15.0 Å². The standard InChI is InChI=1S/C9H13N3O2S/c1-6(4-7-2-3-15-5-7)11-8(13)9(14)12-10/h2-3,5-6H,4,10H2,1H3,(H,11,13)(H,12,14). The second kappa shape index (κ2) is 5.47. The Morgan fingerprint density at radius 3 is 2.80 bits per heavy atom. The Kier molecular flexibility index (Phi) is 4.26. The predicted molar refractivity (Wildman–Crippen MR) is 58.0 cm³/mol. The molecule has 1 aromatic rings. The fraction of sp³-hybridized carbons (Fsp3) is 0.333. The first-order valence-electron chi connectivity index (χ1n) is 4.46. The molecule has 0 spiro atoms. The van der Waals surface area contributed by atoms with Crippen molar-refractivity contribution in [1.29, 1.82) is 0 Å². The van der Waals surface area contributed by atoms with Crippen molar-refractivity contribution in [1.82, 2.24) is 10.7 Å². The molecule has 0 radical (unpaired) electrons. The Bertz CT molecular complexity index is 337. The summed E-state index contributed by atoms with van der Waals surface area (Å²) in [6.45, 7) is 1.83. The lowest BCUT2D eigenvalue weighted by atomic mass is 10.1. The zero-order valence-corrected chi connectivity index (χ0v) is 9.14. The summed E-state index contributed by atoms with van der Waals surface area (Å²) < 4.78 is 0. The average Bonchev–Trinajstić information content (AvgIpc) is 2.68. The Morgan fingerprint density at radius 1 is 1.53 bits per heavy atom. The van der Waals surface area contributed by atoms with Crippen LogP contribution in [0.3, 0.4) is 0 Å². The normalized spacial score (nSPS) is 11.9. The second-order valence-electron chi connectivity index (χ2n) is 3.18. The van der Waals surface area contributed by atoms with E-state index in [1.165, 1.54) is 0 Å². The topological polar surface area (TPSA) is 84.2 Å². The Hall–Kier alpha value is -1.40. The lowest BCUT2D eigenvalue weighted by Crippen LogP contribution is -2.46. The Labute approximate surface area is 91.6 Å². The van der Waals surface area contributed by atoms with Crippen LogP contribution in [-0.2, 0) is 16.0 Å². The third-order valence-electron chi connectivity index (χ3n) is 1.84. The van der Waals surface area contributed by atoms with E-state index in [9.17, 15) is 9.59 Å². The van der Waals surface area contributed by atoms with Crippen LogP contribution in [0.15, 0.2) is 16.8 Å². The van der Waals surface area contributed by atoms with Crippen molar-refractivity contribution in [3.63, 3.8) is 0 Å². The van der Waals surface area contributed by atoms with Crippen LogP contribution in [0.4, 0.5) is 0 Å². The summed E-state index contributed by atoms with van der Waals surface area (Å²) in [5, 5.41) is 6.52. The van der Waals surface area contributed by atoms with Crippen LogP contribution in [0.1, 0.15) is 12.5 Å². The molecule has 5 nitrogen and oxygen atoms in total. The van der Waals surface area contributed by atoms with E-state index in [-0.39, 0.29) is 6.04 Å². The van der Waals surface area contributed by atoms with Gasteiger partial charge in [-0.15, -0.1) is 0 Å². The van der Waals surface area contributed by atoms with Gasteiger partial charge in [-0.25, -0.2) is 5.84 Å². The van der Waals surface area contributed by atoms with Crippen molar-refractivity contribution in [2.45, 2.75) is 19.4 Å². The molecule has 0 saturated heterocycles. The summed E-state index contributed by atoms with van der Waals surface area (Å²) in [5.41, 5.74) is 2.92. The number of thiophene rings is 1. The number of nitrogens with one attached hydrogen (secondary N) is 2. The molecule has 0 aliphatic heterocycles. The van der Waals surface area contributed by atoms with Crippen molar-refractivity contribution in [3.05, 3.63) is 22.4 Å². The SMILES string of the molecule is CC(Cc1ccsc1)NC(=O)C(=O)NN. The number of hydrazine groups is 1. The van der Waals surface area contributed by atoms with E-state index in [0.29, 0.717) is 6.42 Å². The number of nitrogens with two attached hydrogens (primary N) is 1. The number of carbonyl (C=O) groups is 2. The van der Waals surface area contributed by atoms with E-state index >= 15 is 0 Å². The minimum absolute atomic E-state index is 0.0931. The van der Waals surface area contributed by atoms with Crippen molar-refractivity contribution < 1.29 is 9.59 Å². The van der Waals surface area contributed by atoms with Gasteiger partial charge in [0, 0.05) is 6.04 Å². The minimum atomic E-state index is -0.827. The molecule has 82 valence electrons. The number of rotatable bonds is 3. The van der Waals surface area contributed by atoms with Crippen molar-refractivity contribution in [2.75, 3.05) is 0 Å². The number of hydrogen-bond acceptors (Lipinski definition) is 4. The molecule has 1 heterocycles. The van der Waals surface area contributed by atoms with Gasteiger partial charge in [0.05, 0.1) is 0 Å². The van der Waals surface area contributed by atoms with Gasteiger partial charge >= 0.3 is 11.8 Å². The van der Waals surface area contributed by atoms with Gasteiger partial charge in [-0.2, -0.15) is 11.3 Å². The third-order valence-corrected chi connectivity index (χ3v) is 2.57. The molecule has 1 rings (SSSR count). The highest BCUT2D eigenvalue weighted by Crippen LogP contribution is 2.08. The van der Waals surface area contributed by atoms with Crippen LogP contribution >= 0.6 is 11.3 Å². The van der Waals surface area contributed by atoms with Gasteiger partial charge < -0.3 is 5.32 Å². The van der Waals surface area contributed by atoms with E-state index in [2.05, 4.69) is 5.32 Å². The molecule has 6 heteroatoms. The van der Waals surface area contributed by atoms with Crippen LogP contribution in [0.25, 0.3) is 0 Å². The van der Waals surface area contributed by atoms with Gasteiger partial charge in [0.25, 0.3) is 0 Å². The van der Waals surface area contributed by atoms with Crippen LogP contribution in [0.5, 0.6) is 0 Å². The summed E-state index contributed by atoms with van der Waals surface area (Å²) >= 11 is 1.60. The minimum Gasteiger partial charge on any atom is -0.345 e. The van der Waals surface area contributed by atoms with E-state index < -0.39 is 11.8 Å². The molecule has 15 heavy (non-hydrogen) atoms. The van der Waals surface area contributed by atoms with E-state index in [0.717, 1.165) is 5.56 Å². The summed E-state index contributed by atoms with van der Waals surface area (Å²) in [7, 11) is 0. The molecule has 0 fully saturated rings. The van der Waals surface area contributed by atoms with Crippen LogP contribution in [0.2, 0.25) is 0 Å². The van der Waals surface area contributed by atoms with E-state index in [1.807, 2.05) is 23.8 Å². The average molecular weight is 227 g/mol. The first-order valence-corrected chi connectivity index (χ1v) is 5.40. The molecule has 0 saturated carbocycles. The first kappa shape index (κ1) is 11.7. The molecule has 0 aliphatic carbocycles. The summed E-state index contributed by atoms with van der Waals surface area (Å²) in [6.07, 6.45) is 0.701. The zero-order valence-electron chi connectivity index (χ0n) is 8.32. The maximum absolute atomic E-state index is 11.1. The van der Waals surface area contributed by atoms with Gasteiger partial charge in [0.15, 0.2) is 0 Å². The predicted octanol–water partition coefficient (Wildman–Crippen LogP) is -0.215. The molecule has 0 aromatic carbocycles. The maximum Gasteiger partial charge on any atom is 0.323 e. The van der Waals surface area contributed by atoms with Gasteiger partial charge in [0.1, 0.15) is 0 Å². The van der Waals surface area contributed by atoms with E-state index in [4.69, 9.17) is 5.84 Å². The quantitative estimate of drug-likeness (QED) is 0.289. The van der Waals surface area contributed by atoms with Crippen molar-refractivity contribution in [2.24, 2.45) is 5.84 Å². The highest BCUT2D eigenvalue weighted by atomic mass is 32.1. The molecular formula is C9H13N3O2S. The first-order chi connectivity index (χ1) is 7.13. The van der Waals surface area contributed by atoms with Crippen molar-refractivity contribution in [3.8, 4) is 0 Å².